The van der Waals surface area contributed by atoms with Crippen LogP contribution in [-0.4, -0.2) is 8.07 Å². The van der Waals surface area contributed by atoms with Gasteiger partial charge in [-0.3, -0.25) is 0 Å². The molecule has 0 bridgehead atoms. The van der Waals surface area contributed by atoms with Crippen molar-refractivity contribution in [1.82, 2.24) is 0 Å². The van der Waals surface area contributed by atoms with Gasteiger partial charge in [0.1, 0.15) is 0 Å². The lowest BCUT2D eigenvalue weighted by Gasteiger charge is -2.27. The lowest BCUT2D eigenvalue weighted by Crippen LogP contribution is -2.70. The summed E-state index contributed by atoms with van der Waals surface area (Å²) in [5.74, 6) is 0. The normalized spacial score (nSPS) is 14.5. The quantitative estimate of drug-likeness (QED) is 0.345. The summed E-state index contributed by atoms with van der Waals surface area (Å²) in [5.41, 5.74) is 5.69. The van der Waals surface area contributed by atoms with Gasteiger partial charge in [0, 0.05) is 0 Å². The van der Waals surface area contributed by atoms with Crippen LogP contribution in [0.4, 0.5) is 0 Å². The number of rotatable bonds is 0. The van der Waals surface area contributed by atoms with Crippen molar-refractivity contribution < 1.29 is 0 Å². The van der Waals surface area contributed by atoms with E-state index >= 15 is 0 Å². The summed E-state index contributed by atoms with van der Waals surface area (Å²) in [6, 6.07) is 41.1. The van der Waals surface area contributed by atoms with E-state index in [0.717, 1.165) is 0 Å². The first kappa shape index (κ1) is 15.5. The van der Waals surface area contributed by atoms with Crippen LogP contribution in [0.5, 0.6) is 0 Å². The maximum absolute atomic E-state index is 2.50. The summed E-state index contributed by atoms with van der Waals surface area (Å²) in [4.78, 5) is 0. The van der Waals surface area contributed by atoms with E-state index in [2.05, 4.69) is 109 Å². The molecule has 0 unspecified atom stereocenters. The fraction of sp³-hybridized carbons (Fsp3) is 0. The minimum absolute atomic E-state index is 1.33. The third-order valence-electron chi connectivity index (χ3n) is 6.86. The molecule has 2 aliphatic rings. The second-order valence-electron chi connectivity index (χ2n) is 8.13. The molecule has 0 amide bonds. The molecule has 5 aromatic rings. The van der Waals surface area contributed by atoms with Crippen molar-refractivity contribution in [2.24, 2.45) is 0 Å². The highest BCUT2D eigenvalue weighted by Crippen LogP contribution is 2.36. The zero-order valence-corrected chi connectivity index (χ0v) is 16.9. The van der Waals surface area contributed by atoms with E-state index in [1.807, 2.05) is 0 Å². The fourth-order valence-electron chi connectivity index (χ4n) is 5.78. The number of hydrogen-bond acceptors (Lipinski definition) is 0. The molecule has 0 saturated carbocycles. The topological polar surface area (TPSA) is 0 Å². The molecule has 0 N–H and O–H groups in total. The summed E-state index contributed by atoms with van der Waals surface area (Å²) in [7, 11) is -2.27. The van der Waals surface area contributed by atoms with Crippen molar-refractivity contribution >= 4 is 39.6 Å². The summed E-state index contributed by atoms with van der Waals surface area (Å²) >= 11 is 0. The predicted molar refractivity (Wildman–Crippen MR) is 126 cm³/mol. The maximum atomic E-state index is 2.50. The van der Waals surface area contributed by atoms with Gasteiger partial charge in [-0.2, -0.15) is 0 Å². The van der Waals surface area contributed by atoms with E-state index in [1.165, 1.54) is 33.0 Å². The van der Waals surface area contributed by atoms with Gasteiger partial charge in [0.2, 0.25) is 0 Å². The highest BCUT2D eigenvalue weighted by molar-refractivity contribution is 7.24. The molecule has 5 aromatic carbocycles. The molecule has 29 heavy (non-hydrogen) atoms. The Morgan fingerprint density at radius 3 is 1.31 bits per heavy atom. The van der Waals surface area contributed by atoms with Crippen molar-refractivity contribution in [2.75, 3.05) is 0 Å². The number of hydrogen-bond donors (Lipinski definition) is 0. The molecule has 0 radical (unpaired) electrons. The van der Waals surface area contributed by atoms with Crippen LogP contribution in [0.3, 0.4) is 0 Å². The Morgan fingerprint density at radius 1 is 0.345 bits per heavy atom. The van der Waals surface area contributed by atoms with Gasteiger partial charge in [0.15, 0.2) is 8.07 Å². The van der Waals surface area contributed by atoms with Crippen molar-refractivity contribution in [2.45, 2.75) is 0 Å². The molecule has 0 atom stereocenters. The molecule has 2 heterocycles. The standard InChI is InChI=1S/C28H18Si/c1-2-10-20-18-28-24(17-19(20)9-1)23-13-5-8-16-27(23)29(28)25-14-6-3-11-21(25)22-12-4-7-15-26(22)29/h1-18H. The van der Waals surface area contributed by atoms with Gasteiger partial charge in [-0.1, -0.05) is 103 Å². The Balaban J connectivity index is 1.74. The molecular weight excluding hydrogens is 364 g/mol. The average Bonchev–Trinajstić information content (AvgIpc) is 3.25. The summed E-state index contributed by atoms with van der Waals surface area (Å²) in [6.07, 6.45) is 0. The van der Waals surface area contributed by atoms with Crippen molar-refractivity contribution in [3.05, 3.63) is 109 Å². The minimum atomic E-state index is -2.27. The lowest BCUT2D eigenvalue weighted by molar-refractivity contribution is 1.71. The van der Waals surface area contributed by atoms with Crippen LogP contribution in [0.25, 0.3) is 33.0 Å². The first-order valence-corrected chi connectivity index (χ1v) is 12.2. The molecule has 2 aliphatic heterocycles. The van der Waals surface area contributed by atoms with Crippen molar-refractivity contribution in [3.63, 3.8) is 0 Å². The number of benzene rings is 5. The molecular formula is C28H18Si. The van der Waals surface area contributed by atoms with E-state index in [-0.39, 0.29) is 0 Å². The Kier molecular flexibility index (Phi) is 2.85. The molecule has 1 spiro atoms. The highest BCUT2D eigenvalue weighted by atomic mass is 28.3. The second kappa shape index (κ2) is 5.34. The summed E-state index contributed by atoms with van der Waals surface area (Å²) in [5, 5.41) is 8.85. The molecule has 0 saturated heterocycles. The van der Waals surface area contributed by atoms with E-state index in [9.17, 15) is 0 Å². The van der Waals surface area contributed by atoms with Gasteiger partial charge >= 0.3 is 0 Å². The Morgan fingerprint density at radius 2 is 0.759 bits per heavy atom. The molecule has 0 fully saturated rings. The second-order valence-corrected chi connectivity index (χ2v) is 11.8. The molecule has 0 aromatic heterocycles. The lowest BCUT2D eigenvalue weighted by atomic mass is 10.0. The third kappa shape index (κ3) is 1.75. The van der Waals surface area contributed by atoms with Crippen LogP contribution in [-0.2, 0) is 0 Å². The molecule has 134 valence electrons. The van der Waals surface area contributed by atoms with Gasteiger partial charge in [-0.15, -0.1) is 0 Å². The van der Waals surface area contributed by atoms with Gasteiger partial charge in [0.25, 0.3) is 0 Å². The largest absolute Gasteiger partial charge is 0.182 e. The minimum Gasteiger partial charge on any atom is -0.0623 e. The summed E-state index contributed by atoms with van der Waals surface area (Å²) < 4.78 is 0. The predicted octanol–water partition coefficient (Wildman–Crippen LogP) is 4.18. The van der Waals surface area contributed by atoms with E-state index in [0.29, 0.717) is 0 Å². The highest BCUT2D eigenvalue weighted by Gasteiger charge is 2.53. The van der Waals surface area contributed by atoms with Crippen LogP contribution >= 0.6 is 0 Å². The molecule has 0 aliphatic carbocycles. The van der Waals surface area contributed by atoms with Crippen LogP contribution in [0.1, 0.15) is 0 Å². The monoisotopic (exact) mass is 382 g/mol. The first-order chi connectivity index (χ1) is 14.4. The SMILES string of the molecule is c1ccc2c(c1)-c1ccccc1[Si]21c2ccccc2-c2cc3ccccc3cc21. The van der Waals surface area contributed by atoms with E-state index in [1.54, 1.807) is 20.7 Å². The van der Waals surface area contributed by atoms with E-state index in [4.69, 9.17) is 0 Å². The zero-order chi connectivity index (χ0) is 19.0. The Hall–Kier alpha value is -3.42. The molecule has 7 rings (SSSR count). The molecule has 1 heteroatoms. The Bertz CT molecular complexity index is 1420. The smallest absolute Gasteiger partial charge is 0.0623 e. The van der Waals surface area contributed by atoms with Crippen LogP contribution < -0.4 is 20.7 Å². The van der Waals surface area contributed by atoms with Crippen molar-refractivity contribution in [1.29, 1.82) is 0 Å². The van der Waals surface area contributed by atoms with Crippen molar-refractivity contribution in [3.8, 4) is 22.3 Å². The van der Waals surface area contributed by atoms with Gasteiger partial charge < -0.3 is 0 Å². The van der Waals surface area contributed by atoms with Crippen LogP contribution in [0.2, 0.25) is 0 Å². The van der Waals surface area contributed by atoms with Crippen LogP contribution in [0.15, 0.2) is 109 Å². The van der Waals surface area contributed by atoms with Crippen LogP contribution in [0, 0.1) is 0 Å². The first-order valence-electron chi connectivity index (χ1n) is 10.2. The summed E-state index contributed by atoms with van der Waals surface area (Å²) in [6.45, 7) is 0. The van der Waals surface area contributed by atoms with Gasteiger partial charge in [-0.05, 0) is 59.8 Å². The third-order valence-corrected chi connectivity index (χ3v) is 11.8. The average molecular weight is 383 g/mol. The van der Waals surface area contributed by atoms with E-state index < -0.39 is 8.07 Å². The zero-order valence-electron chi connectivity index (χ0n) is 15.9. The van der Waals surface area contributed by atoms with Gasteiger partial charge in [-0.25, -0.2) is 0 Å². The number of fused-ring (bicyclic) bond motifs is 11. The fourth-order valence-corrected chi connectivity index (χ4v) is 11.4. The maximum Gasteiger partial charge on any atom is 0.182 e. The van der Waals surface area contributed by atoms with Gasteiger partial charge in [0.05, 0.1) is 0 Å². The molecule has 0 nitrogen and oxygen atoms in total. The Labute approximate surface area is 171 Å².